The van der Waals surface area contributed by atoms with Gasteiger partial charge in [0.2, 0.25) is 5.91 Å². The maximum absolute atomic E-state index is 12.7. The van der Waals surface area contributed by atoms with Crippen molar-refractivity contribution < 1.29 is 14.1 Å². The van der Waals surface area contributed by atoms with Crippen molar-refractivity contribution in [1.29, 1.82) is 0 Å². The minimum absolute atomic E-state index is 0.0554. The summed E-state index contributed by atoms with van der Waals surface area (Å²) in [7, 11) is 1.59. The molecular weight excluding hydrogens is 322 g/mol. The molecule has 0 spiro atoms. The monoisotopic (exact) mass is 345 g/mol. The number of carbonyl (C=O) groups excluding carboxylic acids is 1. The molecule has 7 heteroatoms. The van der Waals surface area contributed by atoms with Crippen molar-refractivity contribution in [3.63, 3.8) is 0 Å². The third-order valence-electron chi connectivity index (χ3n) is 4.75. The molecule has 134 valence electrons. The molecule has 1 aromatic carbocycles. The van der Waals surface area contributed by atoms with Crippen molar-refractivity contribution in [2.45, 2.75) is 45.2 Å². The summed E-state index contributed by atoms with van der Waals surface area (Å²) in [5, 5.41) is 3.84. The van der Waals surface area contributed by atoms with E-state index in [1.165, 1.54) is 4.57 Å². The molecular formula is C18H23N3O4. The number of hydrogen-bond acceptors (Lipinski definition) is 5. The molecule has 0 bridgehead atoms. The van der Waals surface area contributed by atoms with Crippen LogP contribution in [0.4, 0.5) is 0 Å². The first-order valence-corrected chi connectivity index (χ1v) is 8.64. The van der Waals surface area contributed by atoms with Gasteiger partial charge in [0.15, 0.2) is 5.82 Å². The molecule has 1 aliphatic heterocycles. The van der Waals surface area contributed by atoms with Gasteiger partial charge in [-0.2, -0.15) is 0 Å². The fourth-order valence-corrected chi connectivity index (χ4v) is 3.33. The van der Waals surface area contributed by atoms with Crippen LogP contribution in [0.25, 0.3) is 11.4 Å². The van der Waals surface area contributed by atoms with E-state index in [4.69, 9.17) is 9.26 Å². The molecule has 1 fully saturated rings. The van der Waals surface area contributed by atoms with Gasteiger partial charge in [-0.3, -0.25) is 9.32 Å². The lowest BCUT2D eigenvalue weighted by Crippen LogP contribution is -2.45. The summed E-state index contributed by atoms with van der Waals surface area (Å²) in [5.41, 5.74) is 0.699. The summed E-state index contributed by atoms with van der Waals surface area (Å²) >= 11 is 0. The van der Waals surface area contributed by atoms with Crippen LogP contribution in [0.1, 0.15) is 32.6 Å². The van der Waals surface area contributed by atoms with Crippen LogP contribution in [-0.2, 0) is 11.3 Å². The second-order valence-corrected chi connectivity index (χ2v) is 6.23. The molecule has 2 heterocycles. The normalized spacial score (nSPS) is 17.5. The zero-order valence-electron chi connectivity index (χ0n) is 14.6. The minimum atomic E-state index is -0.621. The van der Waals surface area contributed by atoms with Crippen LogP contribution in [-0.4, -0.2) is 40.2 Å². The first-order chi connectivity index (χ1) is 12.1. The van der Waals surface area contributed by atoms with Crippen LogP contribution in [0.15, 0.2) is 33.6 Å². The number of likely N-dealkylation sites (tertiary alicyclic amines) is 1. The molecule has 2 aromatic rings. The van der Waals surface area contributed by atoms with Crippen LogP contribution in [0.5, 0.6) is 5.75 Å². The molecule has 1 atom stereocenters. The second kappa shape index (κ2) is 7.55. The summed E-state index contributed by atoms with van der Waals surface area (Å²) in [6.45, 7) is 2.78. The van der Waals surface area contributed by atoms with Gasteiger partial charge in [0.1, 0.15) is 12.3 Å². The summed E-state index contributed by atoms with van der Waals surface area (Å²) in [5.74, 6) is 0.373. The molecule has 0 aliphatic carbocycles. The Hall–Kier alpha value is -2.57. The van der Waals surface area contributed by atoms with E-state index in [9.17, 15) is 9.59 Å². The van der Waals surface area contributed by atoms with E-state index in [2.05, 4.69) is 12.1 Å². The lowest BCUT2D eigenvalue weighted by atomic mass is 10.00. The number of amides is 1. The van der Waals surface area contributed by atoms with E-state index < -0.39 is 5.76 Å². The van der Waals surface area contributed by atoms with E-state index >= 15 is 0 Å². The number of rotatable bonds is 5. The fourth-order valence-electron chi connectivity index (χ4n) is 3.33. The van der Waals surface area contributed by atoms with Gasteiger partial charge in [0.25, 0.3) is 0 Å². The molecule has 25 heavy (non-hydrogen) atoms. The number of benzene rings is 1. The average Bonchev–Trinajstić information content (AvgIpc) is 3.02. The van der Waals surface area contributed by atoms with Crippen LogP contribution < -0.4 is 10.5 Å². The van der Waals surface area contributed by atoms with Gasteiger partial charge in [-0.15, -0.1) is 0 Å². The molecule has 1 unspecified atom stereocenters. The number of ether oxygens (including phenoxy) is 1. The molecule has 7 nitrogen and oxygen atoms in total. The van der Waals surface area contributed by atoms with Crippen molar-refractivity contribution >= 4 is 5.91 Å². The summed E-state index contributed by atoms with van der Waals surface area (Å²) < 4.78 is 11.2. The second-order valence-electron chi connectivity index (χ2n) is 6.23. The molecule has 0 saturated carbocycles. The Kier molecular flexibility index (Phi) is 5.21. The van der Waals surface area contributed by atoms with Gasteiger partial charge >= 0.3 is 5.76 Å². The number of methoxy groups -OCH3 is 1. The summed E-state index contributed by atoms with van der Waals surface area (Å²) in [6, 6.07) is 7.37. The predicted octanol–water partition coefficient (Wildman–Crippen LogP) is 2.30. The van der Waals surface area contributed by atoms with Crippen molar-refractivity contribution in [2.24, 2.45) is 0 Å². The maximum atomic E-state index is 12.7. The van der Waals surface area contributed by atoms with Crippen molar-refractivity contribution in [1.82, 2.24) is 14.6 Å². The number of nitrogens with zero attached hydrogens (tertiary/aromatic N) is 3. The van der Waals surface area contributed by atoms with Crippen LogP contribution >= 0.6 is 0 Å². The van der Waals surface area contributed by atoms with Gasteiger partial charge < -0.3 is 9.64 Å². The number of hydrogen-bond donors (Lipinski definition) is 0. The lowest BCUT2D eigenvalue weighted by molar-refractivity contribution is -0.135. The van der Waals surface area contributed by atoms with E-state index in [0.717, 1.165) is 32.2 Å². The molecule has 1 aliphatic rings. The Morgan fingerprint density at radius 2 is 2.08 bits per heavy atom. The minimum Gasteiger partial charge on any atom is -0.497 e. The molecule has 0 radical (unpaired) electrons. The largest absolute Gasteiger partial charge is 0.497 e. The smallest absolute Gasteiger partial charge is 0.442 e. The highest BCUT2D eigenvalue weighted by molar-refractivity contribution is 5.77. The molecule has 3 rings (SSSR count). The number of piperidine rings is 1. The van der Waals surface area contributed by atoms with Gasteiger partial charge in [0, 0.05) is 18.2 Å². The molecule has 1 amide bonds. The Morgan fingerprint density at radius 3 is 2.76 bits per heavy atom. The summed E-state index contributed by atoms with van der Waals surface area (Å²) in [6.07, 6.45) is 4.10. The highest BCUT2D eigenvalue weighted by atomic mass is 16.5. The van der Waals surface area contributed by atoms with E-state index in [1.54, 1.807) is 31.4 Å². The Balaban J connectivity index is 1.84. The zero-order valence-corrected chi connectivity index (χ0v) is 14.6. The van der Waals surface area contributed by atoms with E-state index in [1.807, 2.05) is 4.90 Å². The van der Waals surface area contributed by atoms with Gasteiger partial charge in [-0.05, 0) is 49.9 Å². The topological polar surface area (TPSA) is 77.6 Å². The van der Waals surface area contributed by atoms with Gasteiger partial charge in [-0.1, -0.05) is 12.1 Å². The third kappa shape index (κ3) is 3.60. The third-order valence-corrected chi connectivity index (χ3v) is 4.75. The van der Waals surface area contributed by atoms with Crippen LogP contribution in [0, 0.1) is 0 Å². The maximum Gasteiger partial charge on any atom is 0.442 e. The number of aromatic nitrogens is 2. The molecule has 0 N–H and O–H groups in total. The van der Waals surface area contributed by atoms with Crippen molar-refractivity contribution in [2.75, 3.05) is 13.7 Å². The SMILES string of the molecule is CCC1CCCCN1C(=O)Cn1c(-c2ccc(OC)cc2)noc1=O. The predicted molar refractivity (Wildman–Crippen MR) is 92.4 cm³/mol. The van der Waals surface area contributed by atoms with Crippen LogP contribution in [0.3, 0.4) is 0 Å². The average molecular weight is 345 g/mol. The quantitative estimate of drug-likeness (QED) is 0.831. The van der Waals surface area contributed by atoms with Gasteiger partial charge in [-0.25, -0.2) is 9.36 Å². The molecule has 1 saturated heterocycles. The standard InChI is InChI=1S/C18H23N3O4/c1-3-14-6-4-5-11-20(14)16(22)12-21-17(19-25-18(21)23)13-7-9-15(24-2)10-8-13/h7-10,14H,3-6,11-12H2,1-2H3. The van der Waals surface area contributed by atoms with Crippen molar-refractivity contribution in [3.05, 3.63) is 34.8 Å². The Bertz CT molecular complexity index is 778. The fraction of sp³-hybridized carbons (Fsp3) is 0.500. The molecule has 1 aromatic heterocycles. The first kappa shape index (κ1) is 17.3. The first-order valence-electron chi connectivity index (χ1n) is 8.64. The van der Waals surface area contributed by atoms with Gasteiger partial charge in [0.05, 0.1) is 7.11 Å². The zero-order chi connectivity index (χ0) is 17.8. The highest BCUT2D eigenvalue weighted by Gasteiger charge is 2.27. The Labute approximate surface area is 146 Å². The highest BCUT2D eigenvalue weighted by Crippen LogP contribution is 2.22. The summed E-state index contributed by atoms with van der Waals surface area (Å²) in [4.78, 5) is 26.7. The van der Waals surface area contributed by atoms with Crippen molar-refractivity contribution in [3.8, 4) is 17.1 Å². The van der Waals surface area contributed by atoms with E-state index in [0.29, 0.717) is 17.1 Å². The number of carbonyl (C=O) groups is 1. The van der Waals surface area contributed by atoms with Crippen LogP contribution in [0.2, 0.25) is 0 Å². The lowest BCUT2D eigenvalue weighted by Gasteiger charge is -2.35. The van der Waals surface area contributed by atoms with E-state index in [-0.39, 0.29) is 18.5 Å². The Morgan fingerprint density at radius 1 is 1.32 bits per heavy atom.